The monoisotopic (exact) mass is 222 g/mol. The molecule has 2 heterocycles. The second kappa shape index (κ2) is 4.20. The molecule has 1 amide bonds. The second-order valence-corrected chi connectivity index (χ2v) is 4.51. The molecular weight excluding hydrogens is 207 g/mol. The summed E-state index contributed by atoms with van der Waals surface area (Å²) in [6.45, 7) is 5.71. The average molecular weight is 222 g/mol. The highest BCUT2D eigenvalue weighted by atomic mass is 19.1. The Hall–Kier alpha value is -1.45. The third kappa shape index (κ3) is 2.05. The van der Waals surface area contributed by atoms with E-state index in [0.29, 0.717) is 11.8 Å². The van der Waals surface area contributed by atoms with Crippen molar-refractivity contribution in [2.24, 2.45) is 11.8 Å². The summed E-state index contributed by atoms with van der Waals surface area (Å²) in [5, 5.41) is 0. The fourth-order valence-electron chi connectivity index (χ4n) is 1.98. The maximum atomic E-state index is 12.9. The number of carbonyl (C=O) groups excluding carboxylic acids is 1. The van der Waals surface area contributed by atoms with Crippen LogP contribution >= 0.6 is 0 Å². The molecule has 2 rings (SSSR count). The van der Waals surface area contributed by atoms with Crippen LogP contribution in [-0.4, -0.2) is 28.9 Å². The van der Waals surface area contributed by atoms with Crippen molar-refractivity contribution in [3.63, 3.8) is 0 Å². The quantitative estimate of drug-likeness (QED) is 0.680. The molecule has 86 valence electrons. The first-order valence-corrected chi connectivity index (χ1v) is 5.49. The van der Waals surface area contributed by atoms with Gasteiger partial charge in [-0.05, 0) is 24.0 Å². The molecule has 1 aromatic heterocycles. The molecule has 0 radical (unpaired) electrons. The number of hydrogen-bond acceptors (Lipinski definition) is 2. The second-order valence-electron chi connectivity index (χ2n) is 4.51. The van der Waals surface area contributed by atoms with Crippen molar-refractivity contribution in [2.75, 3.05) is 13.1 Å². The molecule has 1 aromatic rings. The van der Waals surface area contributed by atoms with E-state index < -0.39 is 5.95 Å². The van der Waals surface area contributed by atoms with Gasteiger partial charge in [-0.3, -0.25) is 4.79 Å². The Balaban J connectivity index is 2.14. The van der Waals surface area contributed by atoms with Crippen LogP contribution in [0.5, 0.6) is 0 Å². The van der Waals surface area contributed by atoms with Crippen LogP contribution in [0.25, 0.3) is 0 Å². The number of halogens is 1. The smallest absolute Gasteiger partial charge is 0.272 e. The maximum Gasteiger partial charge on any atom is 0.272 e. The largest absolute Gasteiger partial charge is 0.337 e. The maximum absolute atomic E-state index is 12.9. The summed E-state index contributed by atoms with van der Waals surface area (Å²) >= 11 is 0. The number of pyridine rings is 1. The predicted octanol–water partition coefficient (Wildman–Crippen LogP) is 1.95. The Morgan fingerprint density at radius 3 is 2.56 bits per heavy atom. The first-order valence-electron chi connectivity index (χ1n) is 5.49. The van der Waals surface area contributed by atoms with Crippen molar-refractivity contribution in [1.29, 1.82) is 0 Å². The summed E-state index contributed by atoms with van der Waals surface area (Å²) in [5.74, 6) is 0.219. The highest BCUT2D eigenvalue weighted by molar-refractivity contribution is 5.92. The van der Waals surface area contributed by atoms with E-state index in [4.69, 9.17) is 0 Å². The Bertz CT molecular complexity index is 398. The van der Waals surface area contributed by atoms with E-state index in [1.54, 1.807) is 11.0 Å². The highest BCUT2D eigenvalue weighted by Crippen LogP contribution is 2.23. The number of rotatable bonds is 1. The van der Waals surface area contributed by atoms with Crippen LogP contribution in [-0.2, 0) is 0 Å². The lowest BCUT2D eigenvalue weighted by atomic mass is 10.0. The molecular formula is C12H15FN2O. The fraction of sp³-hybridized carbons (Fsp3) is 0.500. The number of amides is 1. The predicted molar refractivity (Wildman–Crippen MR) is 58.4 cm³/mol. The van der Waals surface area contributed by atoms with Gasteiger partial charge in [0.15, 0.2) is 0 Å². The van der Waals surface area contributed by atoms with Crippen LogP contribution in [0.1, 0.15) is 24.3 Å². The Morgan fingerprint density at radius 2 is 2.00 bits per heavy atom. The van der Waals surface area contributed by atoms with E-state index >= 15 is 0 Å². The van der Waals surface area contributed by atoms with E-state index in [9.17, 15) is 9.18 Å². The lowest BCUT2D eigenvalue weighted by molar-refractivity contribution is 0.0778. The van der Waals surface area contributed by atoms with Gasteiger partial charge in [-0.1, -0.05) is 19.9 Å². The SMILES string of the molecule is CC1CN(C(=O)c2cccc(F)n2)CC1C. The molecule has 3 nitrogen and oxygen atoms in total. The van der Waals surface area contributed by atoms with Gasteiger partial charge >= 0.3 is 0 Å². The summed E-state index contributed by atoms with van der Waals surface area (Å²) in [5.41, 5.74) is 0.196. The molecule has 0 N–H and O–H groups in total. The molecule has 4 heteroatoms. The lowest BCUT2D eigenvalue weighted by Crippen LogP contribution is -2.29. The minimum Gasteiger partial charge on any atom is -0.337 e. The number of carbonyl (C=O) groups is 1. The van der Waals surface area contributed by atoms with Crippen molar-refractivity contribution in [2.45, 2.75) is 13.8 Å². The van der Waals surface area contributed by atoms with Crippen LogP contribution in [0.3, 0.4) is 0 Å². The van der Waals surface area contributed by atoms with Gasteiger partial charge in [0.1, 0.15) is 5.69 Å². The zero-order valence-corrected chi connectivity index (χ0v) is 9.48. The van der Waals surface area contributed by atoms with Crippen molar-refractivity contribution in [1.82, 2.24) is 9.88 Å². The van der Waals surface area contributed by atoms with Gasteiger partial charge in [-0.15, -0.1) is 0 Å². The van der Waals surface area contributed by atoms with Gasteiger partial charge in [-0.2, -0.15) is 4.39 Å². The van der Waals surface area contributed by atoms with Gasteiger partial charge in [0.25, 0.3) is 5.91 Å². The molecule has 0 spiro atoms. The molecule has 2 atom stereocenters. The minimum absolute atomic E-state index is 0.171. The third-order valence-corrected chi connectivity index (χ3v) is 3.21. The van der Waals surface area contributed by atoms with E-state index in [1.807, 2.05) is 0 Å². The van der Waals surface area contributed by atoms with Gasteiger partial charge in [0.05, 0.1) is 0 Å². The zero-order chi connectivity index (χ0) is 11.7. The molecule has 1 aliphatic rings. The molecule has 1 saturated heterocycles. The zero-order valence-electron chi connectivity index (χ0n) is 9.48. The minimum atomic E-state index is -0.605. The van der Waals surface area contributed by atoms with Crippen LogP contribution in [0.2, 0.25) is 0 Å². The van der Waals surface area contributed by atoms with Crippen LogP contribution in [0, 0.1) is 17.8 Å². The van der Waals surface area contributed by atoms with Crippen molar-refractivity contribution >= 4 is 5.91 Å². The molecule has 0 saturated carbocycles. The molecule has 2 unspecified atom stereocenters. The van der Waals surface area contributed by atoms with E-state index in [0.717, 1.165) is 13.1 Å². The Kier molecular flexibility index (Phi) is 2.90. The van der Waals surface area contributed by atoms with E-state index in [1.165, 1.54) is 12.1 Å². The van der Waals surface area contributed by atoms with Crippen molar-refractivity contribution < 1.29 is 9.18 Å². The number of hydrogen-bond donors (Lipinski definition) is 0. The van der Waals surface area contributed by atoms with E-state index in [-0.39, 0.29) is 11.6 Å². The van der Waals surface area contributed by atoms with Crippen LogP contribution in [0.15, 0.2) is 18.2 Å². The van der Waals surface area contributed by atoms with Crippen LogP contribution < -0.4 is 0 Å². The lowest BCUT2D eigenvalue weighted by Gasteiger charge is -2.15. The topological polar surface area (TPSA) is 33.2 Å². The average Bonchev–Trinajstić information content (AvgIpc) is 2.58. The number of nitrogens with zero attached hydrogens (tertiary/aromatic N) is 2. The summed E-state index contributed by atoms with van der Waals surface area (Å²) in [7, 11) is 0. The molecule has 0 bridgehead atoms. The normalized spacial score (nSPS) is 24.8. The summed E-state index contributed by atoms with van der Waals surface area (Å²) < 4.78 is 12.9. The number of aromatic nitrogens is 1. The molecule has 1 fully saturated rings. The Morgan fingerprint density at radius 1 is 1.38 bits per heavy atom. The van der Waals surface area contributed by atoms with Gasteiger partial charge in [0, 0.05) is 13.1 Å². The van der Waals surface area contributed by atoms with Gasteiger partial charge in [-0.25, -0.2) is 4.98 Å². The third-order valence-electron chi connectivity index (χ3n) is 3.21. The standard InChI is InChI=1S/C12H15FN2O/c1-8-6-15(7-9(8)2)12(16)10-4-3-5-11(13)14-10/h3-5,8-9H,6-7H2,1-2H3. The van der Waals surface area contributed by atoms with Gasteiger partial charge < -0.3 is 4.90 Å². The molecule has 0 aromatic carbocycles. The molecule has 16 heavy (non-hydrogen) atoms. The highest BCUT2D eigenvalue weighted by Gasteiger charge is 2.30. The number of likely N-dealkylation sites (tertiary alicyclic amines) is 1. The Labute approximate surface area is 94.3 Å². The van der Waals surface area contributed by atoms with Crippen LogP contribution in [0.4, 0.5) is 4.39 Å². The molecule has 0 aliphatic carbocycles. The summed E-state index contributed by atoms with van der Waals surface area (Å²) in [6, 6.07) is 4.31. The van der Waals surface area contributed by atoms with Gasteiger partial charge in [0.2, 0.25) is 5.95 Å². The first-order chi connectivity index (χ1) is 7.58. The summed E-state index contributed by atoms with van der Waals surface area (Å²) in [6.07, 6.45) is 0. The fourth-order valence-corrected chi connectivity index (χ4v) is 1.98. The first kappa shape index (κ1) is 11.0. The van der Waals surface area contributed by atoms with Crippen molar-refractivity contribution in [3.05, 3.63) is 29.8 Å². The van der Waals surface area contributed by atoms with E-state index in [2.05, 4.69) is 18.8 Å². The molecule has 1 aliphatic heterocycles. The van der Waals surface area contributed by atoms with Crippen molar-refractivity contribution in [3.8, 4) is 0 Å². The summed E-state index contributed by atoms with van der Waals surface area (Å²) in [4.78, 5) is 17.3.